The van der Waals surface area contributed by atoms with Crippen LogP contribution in [0.4, 0.5) is 0 Å². The summed E-state index contributed by atoms with van der Waals surface area (Å²) in [5, 5.41) is 13.3. The molecule has 0 saturated carbocycles. The molecule has 0 fully saturated rings. The van der Waals surface area contributed by atoms with Crippen molar-refractivity contribution in [1.82, 2.24) is 0 Å². The molecule has 40 heavy (non-hydrogen) atoms. The lowest BCUT2D eigenvalue weighted by Crippen LogP contribution is -1.81. The van der Waals surface area contributed by atoms with Crippen molar-refractivity contribution in [2.75, 3.05) is 0 Å². The maximum atomic E-state index is 2.21. The molecule has 0 heteroatoms. The molecule has 0 nitrogen and oxygen atoms in total. The van der Waals surface area contributed by atoms with E-state index in [9.17, 15) is 0 Å². The normalized spacial score (nSPS) is 9.50. The quantitative estimate of drug-likeness (QED) is 0.172. The highest BCUT2D eigenvalue weighted by Gasteiger charge is 2.06. The molecule has 0 heterocycles. The molecule has 0 N–H and O–H groups in total. The Hall–Kier alpha value is -4.16. The van der Waals surface area contributed by atoms with Crippen LogP contribution in [0.3, 0.4) is 0 Å². The topological polar surface area (TPSA) is 0 Å². The maximum absolute atomic E-state index is 2.21. The lowest BCUT2D eigenvalue weighted by molar-refractivity contribution is 1.50. The molecule has 0 saturated heterocycles. The van der Waals surface area contributed by atoms with Crippen LogP contribution in [0.25, 0.3) is 53.9 Å². The van der Waals surface area contributed by atoms with E-state index in [0.29, 0.717) is 0 Å². The molecule has 0 atom stereocenters. The summed E-state index contributed by atoms with van der Waals surface area (Å²) >= 11 is 0. The Morgan fingerprint density at radius 3 is 0.600 bits per heavy atom. The highest BCUT2D eigenvalue weighted by molar-refractivity contribution is 6.25. The van der Waals surface area contributed by atoms with Gasteiger partial charge in [0, 0.05) is 0 Å². The summed E-state index contributed by atoms with van der Waals surface area (Å²) in [7, 11) is 0. The molecule has 0 radical (unpaired) electrons. The number of hydrogen-bond donors (Lipinski definition) is 0. The largest absolute Gasteiger partial charge is 0.0683 e. The molecule has 0 aliphatic rings. The fourth-order valence-corrected chi connectivity index (χ4v) is 4.81. The van der Waals surface area contributed by atoms with Crippen molar-refractivity contribution >= 4 is 53.9 Å². The summed E-state index contributed by atoms with van der Waals surface area (Å²) in [5.74, 6) is 0. The molecule has 0 spiro atoms. The first kappa shape index (κ1) is 32.1. The molecular formula is C40H46. The second-order valence-corrected chi connectivity index (χ2v) is 8.14. The molecule has 0 unspecified atom stereocenters. The summed E-state index contributed by atoms with van der Waals surface area (Å²) in [6, 6.07) is 47.3. The first-order chi connectivity index (χ1) is 19.9. The predicted octanol–water partition coefficient (Wildman–Crippen LogP) is 13.2. The number of fused-ring (bicyclic) bond motifs is 9. The predicted molar refractivity (Wildman–Crippen MR) is 186 cm³/mol. The zero-order valence-corrected chi connectivity index (χ0v) is 25.7. The van der Waals surface area contributed by atoms with Crippen LogP contribution in [-0.4, -0.2) is 0 Å². The minimum atomic E-state index is 1.31. The van der Waals surface area contributed by atoms with E-state index < -0.39 is 0 Å². The number of rotatable bonds is 0. The van der Waals surface area contributed by atoms with Crippen LogP contribution < -0.4 is 0 Å². The first-order valence-corrected chi connectivity index (χ1v) is 15.0. The van der Waals surface area contributed by atoms with Gasteiger partial charge in [-0.2, -0.15) is 0 Å². The molecule has 0 aliphatic heterocycles. The summed E-state index contributed by atoms with van der Waals surface area (Å²) in [5.41, 5.74) is 0. The van der Waals surface area contributed by atoms with E-state index in [4.69, 9.17) is 0 Å². The minimum Gasteiger partial charge on any atom is -0.0683 e. The van der Waals surface area contributed by atoms with Crippen LogP contribution in [0.5, 0.6) is 0 Å². The van der Waals surface area contributed by atoms with E-state index >= 15 is 0 Å². The number of hydrogen-bond acceptors (Lipinski definition) is 0. The SMILES string of the molecule is CC.CC.CC.CC.c1ccc2c(c1)c1ccccc1c1ccccc21.c1ccc2c(c1)ccc1ccccc12. The summed E-state index contributed by atoms with van der Waals surface area (Å²) < 4.78 is 0. The Morgan fingerprint density at radius 2 is 0.375 bits per heavy atom. The minimum absolute atomic E-state index is 1.31. The van der Waals surface area contributed by atoms with Gasteiger partial charge in [0.2, 0.25) is 0 Å². The summed E-state index contributed by atoms with van der Waals surface area (Å²) in [6.45, 7) is 16.0. The first-order valence-electron chi connectivity index (χ1n) is 15.0. The zero-order chi connectivity index (χ0) is 29.3. The van der Waals surface area contributed by atoms with Crippen LogP contribution in [0.2, 0.25) is 0 Å². The lowest BCUT2D eigenvalue weighted by atomic mass is 9.95. The van der Waals surface area contributed by atoms with E-state index in [1.807, 2.05) is 55.4 Å². The average Bonchev–Trinajstić information content (AvgIpc) is 3.09. The van der Waals surface area contributed by atoms with Gasteiger partial charge < -0.3 is 0 Å². The molecule has 0 bridgehead atoms. The smallest absolute Gasteiger partial charge is 0.00990 e. The van der Waals surface area contributed by atoms with Gasteiger partial charge in [0.15, 0.2) is 0 Å². The van der Waals surface area contributed by atoms with Crippen molar-refractivity contribution in [3.63, 3.8) is 0 Å². The van der Waals surface area contributed by atoms with Crippen molar-refractivity contribution in [3.8, 4) is 0 Å². The fourth-order valence-electron chi connectivity index (χ4n) is 4.81. The molecule has 206 valence electrons. The fraction of sp³-hybridized carbons (Fsp3) is 0.200. The van der Waals surface area contributed by atoms with Gasteiger partial charge in [0.05, 0.1) is 0 Å². The van der Waals surface area contributed by atoms with Crippen molar-refractivity contribution in [3.05, 3.63) is 133 Å². The van der Waals surface area contributed by atoms with Crippen molar-refractivity contribution < 1.29 is 0 Å². The third kappa shape index (κ3) is 7.07. The Morgan fingerprint density at radius 1 is 0.200 bits per heavy atom. The van der Waals surface area contributed by atoms with E-state index in [-0.39, 0.29) is 0 Å². The Labute approximate surface area is 242 Å². The molecule has 0 aromatic heterocycles. The van der Waals surface area contributed by atoms with Gasteiger partial charge in [0.1, 0.15) is 0 Å². The molecular weight excluding hydrogens is 480 g/mol. The van der Waals surface area contributed by atoms with Gasteiger partial charge in [-0.3, -0.25) is 0 Å². The van der Waals surface area contributed by atoms with Crippen LogP contribution in [-0.2, 0) is 0 Å². The van der Waals surface area contributed by atoms with E-state index in [1.165, 1.54) is 53.9 Å². The van der Waals surface area contributed by atoms with Gasteiger partial charge in [-0.25, -0.2) is 0 Å². The van der Waals surface area contributed by atoms with E-state index in [2.05, 4.69) is 133 Å². The second-order valence-electron chi connectivity index (χ2n) is 8.14. The second kappa shape index (κ2) is 17.4. The standard InChI is InChI=1S/C18H12.C14H10.4C2H6/c1-2-8-14-13(7-1)15-9-3-4-11-17(15)18-12-6-5-10-16(14)18;1-3-7-13-11(5-1)9-10-12-6-2-4-8-14(12)13;4*1-2/h1-12H;1-10H;4*1-2H3. The van der Waals surface area contributed by atoms with E-state index in [1.54, 1.807) is 0 Å². The van der Waals surface area contributed by atoms with Gasteiger partial charge in [-0.1, -0.05) is 189 Å². The van der Waals surface area contributed by atoms with Crippen molar-refractivity contribution in [2.24, 2.45) is 0 Å². The number of benzene rings is 7. The van der Waals surface area contributed by atoms with Crippen molar-refractivity contribution in [2.45, 2.75) is 55.4 Å². The third-order valence-electron chi connectivity index (χ3n) is 6.31. The summed E-state index contributed by atoms with van der Waals surface area (Å²) in [6.07, 6.45) is 0. The highest BCUT2D eigenvalue weighted by atomic mass is 14.1. The van der Waals surface area contributed by atoms with Crippen LogP contribution >= 0.6 is 0 Å². The highest BCUT2D eigenvalue weighted by Crippen LogP contribution is 2.34. The van der Waals surface area contributed by atoms with Gasteiger partial charge in [-0.05, 0) is 53.9 Å². The molecule has 7 aromatic carbocycles. The van der Waals surface area contributed by atoms with Gasteiger partial charge in [0.25, 0.3) is 0 Å². The Kier molecular flexibility index (Phi) is 14.0. The molecule has 0 aliphatic carbocycles. The van der Waals surface area contributed by atoms with Gasteiger partial charge in [-0.15, -0.1) is 0 Å². The van der Waals surface area contributed by atoms with E-state index in [0.717, 1.165) is 0 Å². The Bertz CT molecular complexity index is 1450. The maximum Gasteiger partial charge on any atom is -0.00990 e. The summed E-state index contributed by atoms with van der Waals surface area (Å²) in [4.78, 5) is 0. The lowest BCUT2D eigenvalue weighted by Gasteiger charge is -2.09. The monoisotopic (exact) mass is 526 g/mol. The van der Waals surface area contributed by atoms with Crippen LogP contribution in [0.15, 0.2) is 133 Å². The van der Waals surface area contributed by atoms with Crippen LogP contribution in [0, 0.1) is 0 Å². The van der Waals surface area contributed by atoms with Crippen molar-refractivity contribution in [1.29, 1.82) is 0 Å². The molecule has 7 rings (SSSR count). The van der Waals surface area contributed by atoms with Gasteiger partial charge >= 0.3 is 0 Å². The van der Waals surface area contributed by atoms with Crippen LogP contribution in [0.1, 0.15) is 55.4 Å². The third-order valence-corrected chi connectivity index (χ3v) is 6.31. The average molecular weight is 527 g/mol. The Balaban J connectivity index is 0.000000229. The molecule has 7 aromatic rings. The molecule has 0 amide bonds. The zero-order valence-electron chi connectivity index (χ0n) is 25.7.